The van der Waals surface area contributed by atoms with Crippen LogP contribution in [0.25, 0.3) is 0 Å². The van der Waals surface area contributed by atoms with Crippen molar-refractivity contribution in [1.29, 1.82) is 0 Å². The van der Waals surface area contributed by atoms with E-state index in [1.165, 1.54) is 0 Å². The number of carbonyl (C=O) groups excluding carboxylic acids is 1. The summed E-state index contributed by atoms with van der Waals surface area (Å²) in [5.41, 5.74) is 0.216. The van der Waals surface area contributed by atoms with E-state index in [4.69, 9.17) is 0 Å². The molecule has 1 N–H and O–H groups in total. The summed E-state index contributed by atoms with van der Waals surface area (Å²) < 4.78 is 0. The largest absolute Gasteiger partial charge is 0.481 e. The molecule has 2 rings (SSSR count). The van der Waals surface area contributed by atoms with Crippen molar-refractivity contribution >= 4 is 11.9 Å². The summed E-state index contributed by atoms with van der Waals surface area (Å²) >= 11 is 0. The lowest BCUT2D eigenvalue weighted by atomic mass is 9.78. The smallest absolute Gasteiger partial charge is 0.307 e. The number of carboxylic acids is 1. The maximum atomic E-state index is 12.7. The molecule has 0 radical (unpaired) electrons. The van der Waals surface area contributed by atoms with E-state index in [0.717, 1.165) is 38.8 Å². The highest BCUT2D eigenvalue weighted by atomic mass is 16.4. The zero-order chi connectivity index (χ0) is 14.9. The zero-order valence-corrected chi connectivity index (χ0v) is 12.9. The van der Waals surface area contributed by atoms with Gasteiger partial charge in [-0.15, -0.1) is 0 Å². The SMILES string of the molecule is CC(C)(C)C1CCN(C(=O)[C@@H]2CCCC[C@@H]2C(=O)O)C1. The highest BCUT2D eigenvalue weighted by Crippen LogP contribution is 2.37. The summed E-state index contributed by atoms with van der Waals surface area (Å²) in [5.74, 6) is -0.943. The Labute approximate surface area is 121 Å². The van der Waals surface area contributed by atoms with Gasteiger partial charge in [-0.3, -0.25) is 9.59 Å². The van der Waals surface area contributed by atoms with Crippen LogP contribution in [-0.4, -0.2) is 35.0 Å². The van der Waals surface area contributed by atoms with Crippen LogP contribution in [-0.2, 0) is 9.59 Å². The topological polar surface area (TPSA) is 57.6 Å². The van der Waals surface area contributed by atoms with Crippen LogP contribution in [0.1, 0.15) is 52.9 Å². The van der Waals surface area contributed by atoms with Crippen molar-refractivity contribution in [2.24, 2.45) is 23.2 Å². The number of carboxylic acid groups (broad SMARTS) is 1. The quantitative estimate of drug-likeness (QED) is 0.846. The Hall–Kier alpha value is -1.06. The number of hydrogen-bond donors (Lipinski definition) is 1. The Morgan fingerprint density at radius 3 is 2.15 bits per heavy atom. The first-order valence-electron chi connectivity index (χ1n) is 7.82. The van der Waals surface area contributed by atoms with Gasteiger partial charge in [0.15, 0.2) is 0 Å². The van der Waals surface area contributed by atoms with Crippen LogP contribution in [0.5, 0.6) is 0 Å². The van der Waals surface area contributed by atoms with Crippen molar-refractivity contribution in [2.75, 3.05) is 13.1 Å². The van der Waals surface area contributed by atoms with Crippen molar-refractivity contribution in [3.05, 3.63) is 0 Å². The van der Waals surface area contributed by atoms with E-state index in [1.54, 1.807) is 0 Å². The number of likely N-dealkylation sites (tertiary alicyclic amines) is 1. The molecule has 0 spiro atoms. The van der Waals surface area contributed by atoms with Crippen molar-refractivity contribution in [1.82, 2.24) is 4.90 Å². The fourth-order valence-corrected chi connectivity index (χ4v) is 3.62. The molecule has 0 bridgehead atoms. The van der Waals surface area contributed by atoms with E-state index in [9.17, 15) is 14.7 Å². The van der Waals surface area contributed by atoms with E-state index < -0.39 is 11.9 Å². The molecule has 1 aliphatic carbocycles. The molecule has 1 saturated carbocycles. The second kappa shape index (κ2) is 5.74. The lowest BCUT2D eigenvalue weighted by Crippen LogP contribution is -2.42. The minimum absolute atomic E-state index is 0.0869. The molecule has 2 aliphatic rings. The molecule has 0 aromatic carbocycles. The molecule has 4 heteroatoms. The highest BCUT2D eigenvalue weighted by molar-refractivity contribution is 5.85. The molecule has 1 unspecified atom stereocenters. The van der Waals surface area contributed by atoms with E-state index >= 15 is 0 Å². The summed E-state index contributed by atoms with van der Waals surface area (Å²) in [4.78, 5) is 25.9. The first-order chi connectivity index (χ1) is 9.30. The predicted octanol–water partition coefficient (Wildman–Crippen LogP) is 2.77. The second-order valence-electron chi connectivity index (χ2n) is 7.47. The van der Waals surface area contributed by atoms with E-state index in [2.05, 4.69) is 20.8 Å². The number of hydrogen-bond acceptors (Lipinski definition) is 2. The van der Waals surface area contributed by atoms with Gasteiger partial charge >= 0.3 is 5.97 Å². The van der Waals surface area contributed by atoms with Crippen LogP contribution >= 0.6 is 0 Å². The first-order valence-corrected chi connectivity index (χ1v) is 7.82. The Bertz CT molecular complexity index is 386. The summed E-state index contributed by atoms with van der Waals surface area (Å²) in [6.45, 7) is 8.24. The second-order valence-corrected chi connectivity index (χ2v) is 7.47. The third kappa shape index (κ3) is 3.15. The van der Waals surface area contributed by atoms with E-state index in [-0.39, 0.29) is 17.2 Å². The van der Waals surface area contributed by atoms with Crippen LogP contribution < -0.4 is 0 Å². The minimum atomic E-state index is -0.797. The van der Waals surface area contributed by atoms with E-state index in [0.29, 0.717) is 12.3 Å². The molecule has 1 saturated heterocycles. The van der Waals surface area contributed by atoms with Gasteiger partial charge < -0.3 is 10.0 Å². The molecule has 114 valence electrons. The number of rotatable bonds is 2. The van der Waals surface area contributed by atoms with Crippen LogP contribution in [0.3, 0.4) is 0 Å². The molecule has 20 heavy (non-hydrogen) atoms. The fraction of sp³-hybridized carbons (Fsp3) is 0.875. The van der Waals surface area contributed by atoms with Crippen molar-refractivity contribution in [3.63, 3.8) is 0 Å². The van der Waals surface area contributed by atoms with Gasteiger partial charge in [-0.05, 0) is 30.6 Å². The molecule has 2 fully saturated rings. The fourth-order valence-electron chi connectivity index (χ4n) is 3.62. The molecule has 4 nitrogen and oxygen atoms in total. The van der Waals surface area contributed by atoms with Gasteiger partial charge in [0.1, 0.15) is 0 Å². The predicted molar refractivity (Wildman–Crippen MR) is 77.2 cm³/mol. The lowest BCUT2D eigenvalue weighted by Gasteiger charge is -2.32. The number of nitrogens with zero attached hydrogens (tertiary/aromatic N) is 1. The van der Waals surface area contributed by atoms with Gasteiger partial charge in [0.25, 0.3) is 0 Å². The van der Waals surface area contributed by atoms with Crippen molar-refractivity contribution in [3.8, 4) is 0 Å². The monoisotopic (exact) mass is 281 g/mol. The standard InChI is InChI=1S/C16H27NO3/c1-16(2,3)11-8-9-17(10-11)14(18)12-6-4-5-7-13(12)15(19)20/h11-13H,4-10H2,1-3H3,(H,19,20)/t11?,12-,13+/m1/s1. The maximum absolute atomic E-state index is 12.7. The van der Waals surface area contributed by atoms with Gasteiger partial charge in [-0.2, -0.15) is 0 Å². The molecule has 1 heterocycles. The maximum Gasteiger partial charge on any atom is 0.307 e. The average molecular weight is 281 g/mol. The van der Waals surface area contributed by atoms with Gasteiger partial charge in [-0.25, -0.2) is 0 Å². The summed E-state index contributed by atoms with van der Waals surface area (Å²) in [5, 5.41) is 9.31. The average Bonchev–Trinajstić information content (AvgIpc) is 2.87. The molecular weight excluding hydrogens is 254 g/mol. The third-order valence-corrected chi connectivity index (χ3v) is 5.13. The Morgan fingerprint density at radius 2 is 1.65 bits per heavy atom. The molecule has 0 aromatic rings. The Balaban J connectivity index is 2.02. The summed E-state index contributed by atoms with van der Waals surface area (Å²) in [7, 11) is 0. The van der Waals surface area contributed by atoms with Gasteiger partial charge in [0, 0.05) is 13.1 Å². The summed E-state index contributed by atoms with van der Waals surface area (Å²) in [6.07, 6.45) is 4.36. The zero-order valence-electron chi connectivity index (χ0n) is 12.9. The third-order valence-electron chi connectivity index (χ3n) is 5.13. The van der Waals surface area contributed by atoms with Crippen LogP contribution in [0.15, 0.2) is 0 Å². The molecule has 1 aliphatic heterocycles. The van der Waals surface area contributed by atoms with Crippen LogP contribution in [0.4, 0.5) is 0 Å². The van der Waals surface area contributed by atoms with E-state index in [1.807, 2.05) is 4.90 Å². The molecule has 0 aromatic heterocycles. The number of amides is 1. The van der Waals surface area contributed by atoms with Crippen molar-refractivity contribution in [2.45, 2.75) is 52.9 Å². The molecule has 3 atom stereocenters. The highest BCUT2D eigenvalue weighted by Gasteiger charge is 2.41. The first kappa shape index (κ1) is 15.3. The number of carbonyl (C=O) groups is 2. The Kier molecular flexibility index (Phi) is 4.40. The molecular formula is C16H27NO3. The lowest BCUT2D eigenvalue weighted by molar-refractivity contribution is -0.152. The van der Waals surface area contributed by atoms with Gasteiger partial charge in [0.2, 0.25) is 5.91 Å². The molecule has 1 amide bonds. The van der Waals surface area contributed by atoms with Gasteiger partial charge in [0.05, 0.1) is 11.8 Å². The number of aliphatic carboxylic acids is 1. The minimum Gasteiger partial charge on any atom is -0.481 e. The summed E-state index contributed by atoms with van der Waals surface area (Å²) in [6, 6.07) is 0. The van der Waals surface area contributed by atoms with Gasteiger partial charge in [-0.1, -0.05) is 33.6 Å². The van der Waals surface area contributed by atoms with Crippen LogP contribution in [0, 0.1) is 23.2 Å². The van der Waals surface area contributed by atoms with Crippen molar-refractivity contribution < 1.29 is 14.7 Å². The normalized spacial score (nSPS) is 31.4. The Morgan fingerprint density at radius 1 is 1.05 bits per heavy atom. The van der Waals surface area contributed by atoms with Crippen LogP contribution in [0.2, 0.25) is 0 Å².